The van der Waals surface area contributed by atoms with Gasteiger partial charge in [-0.3, -0.25) is 4.98 Å². The first-order chi connectivity index (χ1) is 8.36. The average molecular weight is 229 g/mol. The Morgan fingerprint density at radius 1 is 1.18 bits per heavy atom. The van der Waals surface area contributed by atoms with E-state index in [-0.39, 0.29) is 0 Å². The predicted molar refractivity (Wildman–Crippen MR) is 67.2 cm³/mol. The summed E-state index contributed by atoms with van der Waals surface area (Å²) in [4.78, 5) is 10.2. The fourth-order valence-electron chi connectivity index (χ4n) is 1.42. The topological polar surface area (TPSA) is 38.2 Å². The van der Waals surface area contributed by atoms with Crippen LogP contribution in [0, 0.1) is 0 Å². The number of hydrogen-bond donors (Lipinski definition) is 0. The summed E-state index contributed by atoms with van der Waals surface area (Å²) in [5.74, 6) is 1.74. The Kier molecular flexibility index (Phi) is 3.91. The summed E-state index contributed by atoms with van der Waals surface area (Å²) in [6, 6.07) is 9.78. The van der Waals surface area contributed by atoms with E-state index in [0.717, 1.165) is 18.1 Å². The van der Waals surface area contributed by atoms with Gasteiger partial charge in [-0.1, -0.05) is 18.2 Å². The van der Waals surface area contributed by atoms with Gasteiger partial charge in [-0.15, -0.1) is 0 Å². The molecule has 4 heteroatoms. The van der Waals surface area contributed by atoms with Crippen LogP contribution in [0.1, 0.15) is 0 Å². The SMILES string of the molecule is CN(CCOc1ccccc1)c1cnccn1. The van der Waals surface area contributed by atoms with Crippen molar-refractivity contribution < 1.29 is 4.74 Å². The van der Waals surface area contributed by atoms with Gasteiger partial charge in [0.2, 0.25) is 0 Å². The summed E-state index contributed by atoms with van der Waals surface area (Å²) >= 11 is 0. The first-order valence-corrected chi connectivity index (χ1v) is 5.51. The Morgan fingerprint density at radius 2 is 2.00 bits per heavy atom. The minimum Gasteiger partial charge on any atom is -0.492 e. The molecule has 17 heavy (non-hydrogen) atoms. The van der Waals surface area contributed by atoms with Crippen molar-refractivity contribution in [3.8, 4) is 5.75 Å². The summed E-state index contributed by atoms with van der Waals surface area (Å²) in [7, 11) is 1.97. The van der Waals surface area contributed by atoms with Crippen LogP contribution in [-0.4, -0.2) is 30.2 Å². The zero-order valence-electron chi connectivity index (χ0n) is 9.78. The fourth-order valence-corrected chi connectivity index (χ4v) is 1.42. The highest BCUT2D eigenvalue weighted by Gasteiger charge is 2.01. The smallest absolute Gasteiger partial charge is 0.146 e. The molecule has 0 fully saturated rings. The normalized spacial score (nSPS) is 9.94. The zero-order valence-corrected chi connectivity index (χ0v) is 9.78. The molecule has 1 aromatic heterocycles. The predicted octanol–water partition coefficient (Wildman–Crippen LogP) is 1.99. The number of anilines is 1. The van der Waals surface area contributed by atoms with Crippen LogP contribution >= 0.6 is 0 Å². The Morgan fingerprint density at radius 3 is 2.71 bits per heavy atom. The van der Waals surface area contributed by atoms with Crippen LogP contribution in [-0.2, 0) is 0 Å². The average Bonchev–Trinajstić information content (AvgIpc) is 2.41. The van der Waals surface area contributed by atoms with Gasteiger partial charge in [0.15, 0.2) is 0 Å². The van der Waals surface area contributed by atoms with Gasteiger partial charge in [0.05, 0.1) is 12.7 Å². The molecule has 0 radical (unpaired) electrons. The van der Waals surface area contributed by atoms with Gasteiger partial charge in [-0.25, -0.2) is 4.98 Å². The summed E-state index contributed by atoms with van der Waals surface area (Å²) < 4.78 is 5.61. The lowest BCUT2D eigenvalue weighted by Crippen LogP contribution is -2.24. The lowest BCUT2D eigenvalue weighted by atomic mass is 10.3. The molecule has 4 nitrogen and oxygen atoms in total. The number of hydrogen-bond acceptors (Lipinski definition) is 4. The maximum absolute atomic E-state index is 5.61. The summed E-state index contributed by atoms with van der Waals surface area (Å²) in [5, 5.41) is 0. The fraction of sp³-hybridized carbons (Fsp3) is 0.231. The first-order valence-electron chi connectivity index (χ1n) is 5.51. The number of nitrogens with zero attached hydrogens (tertiary/aromatic N) is 3. The molecule has 0 aliphatic rings. The van der Waals surface area contributed by atoms with Crippen molar-refractivity contribution in [2.24, 2.45) is 0 Å². The summed E-state index contributed by atoms with van der Waals surface area (Å²) in [5.41, 5.74) is 0. The maximum Gasteiger partial charge on any atom is 0.146 e. The van der Waals surface area contributed by atoms with Crippen LogP contribution in [0.4, 0.5) is 5.82 Å². The minimum atomic E-state index is 0.622. The molecular weight excluding hydrogens is 214 g/mol. The zero-order chi connectivity index (χ0) is 11.9. The highest BCUT2D eigenvalue weighted by molar-refractivity contribution is 5.33. The van der Waals surface area contributed by atoms with Crippen LogP contribution in [0.3, 0.4) is 0 Å². The Hall–Kier alpha value is -2.10. The van der Waals surface area contributed by atoms with E-state index < -0.39 is 0 Å². The van der Waals surface area contributed by atoms with Crippen LogP contribution in [0.2, 0.25) is 0 Å². The molecule has 2 aromatic rings. The highest BCUT2D eigenvalue weighted by Crippen LogP contribution is 2.09. The first kappa shape index (κ1) is 11.4. The third-order valence-electron chi connectivity index (χ3n) is 2.38. The van der Waals surface area contributed by atoms with E-state index in [2.05, 4.69) is 9.97 Å². The van der Waals surface area contributed by atoms with Crippen molar-refractivity contribution in [2.45, 2.75) is 0 Å². The van der Waals surface area contributed by atoms with Crippen molar-refractivity contribution in [3.05, 3.63) is 48.9 Å². The molecule has 0 bridgehead atoms. The molecule has 0 unspecified atom stereocenters. The minimum absolute atomic E-state index is 0.622. The molecule has 0 atom stereocenters. The van der Waals surface area contributed by atoms with Crippen LogP contribution in [0.15, 0.2) is 48.9 Å². The molecular formula is C13H15N3O. The molecule has 0 N–H and O–H groups in total. The molecule has 1 heterocycles. The molecule has 2 rings (SSSR count). The Labute approximate surface area is 101 Å². The van der Waals surface area contributed by atoms with Gasteiger partial charge in [0.1, 0.15) is 18.2 Å². The van der Waals surface area contributed by atoms with Crippen LogP contribution in [0.5, 0.6) is 5.75 Å². The quantitative estimate of drug-likeness (QED) is 0.786. The van der Waals surface area contributed by atoms with E-state index in [9.17, 15) is 0 Å². The highest BCUT2D eigenvalue weighted by atomic mass is 16.5. The second kappa shape index (κ2) is 5.84. The van der Waals surface area contributed by atoms with Gasteiger partial charge in [-0.2, -0.15) is 0 Å². The van der Waals surface area contributed by atoms with E-state index in [4.69, 9.17) is 4.74 Å². The van der Waals surface area contributed by atoms with Crippen molar-refractivity contribution in [1.29, 1.82) is 0 Å². The molecule has 0 spiro atoms. The molecule has 88 valence electrons. The van der Waals surface area contributed by atoms with Gasteiger partial charge in [0, 0.05) is 19.4 Å². The third kappa shape index (κ3) is 3.45. The molecule has 0 aliphatic heterocycles. The van der Waals surface area contributed by atoms with Crippen molar-refractivity contribution in [1.82, 2.24) is 9.97 Å². The van der Waals surface area contributed by atoms with Gasteiger partial charge in [-0.05, 0) is 12.1 Å². The third-order valence-corrected chi connectivity index (χ3v) is 2.38. The number of aromatic nitrogens is 2. The molecule has 0 saturated carbocycles. The number of likely N-dealkylation sites (N-methyl/N-ethyl adjacent to an activating group) is 1. The standard InChI is InChI=1S/C13H15N3O/c1-16(13-11-14-7-8-15-13)9-10-17-12-5-3-2-4-6-12/h2-8,11H,9-10H2,1H3. The van der Waals surface area contributed by atoms with Gasteiger partial charge >= 0.3 is 0 Å². The monoisotopic (exact) mass is 229 g/mol. The van der Waals surface area contributed by atoms with E-state index >= 15 is 0 Å². The van der Waals surface area contributed by atoms with Crippen LogP contribution < -0.4 is 9.64 Å². The van der Waals surface area contributed by atoms with Crippen molar-refractivity contribution >= 4 is 5.82 Å². The van der Waals surface area contributed by atoms with Gasteiger partial charge < -0.3 is 9.64 Å². The number of rotatable bonds is 5. The van der Waals surface area contributed by atoms with E-state index in [1.807, 2.05) is 42.3 Å². The summed E-state index contributed by atoms with van der Waals surface area (Å²) in [6.45, 7) is 1.39. The van der Waals surface area contributed by atoms with Crippen molar-refractivity contribution in [3.63, 3.8) is 0 Å². The van der Waals surface area contributed by atoms with Crippen molar-refractivity contribution in [2.75, 3.05) is 25.1 Å². The van der Waals surface area contributed by atoms with Gasteiger partial charge in [0.25, 0.3) is 0 Å². The Bertz CT molecular complexity index is 433. The second-order valence-corrected chi connectivity index (χ2v) is 3.65. The largest absolute Gasteiger partial charge is 0.492 e. The molecule has 0 amide bonds. The van der Waals surface area contributed by atoms with E-state index in [0.29, 0.717) is 6.61 Å². The maximum atomic E-state index is 5.61. The van der Waals surface area contributed by atoms with E-state index in [1.54, 1.807) is 18.6 Å². The molecule has 1 aromatic carbocycles. The Balaban J connectivity index is 1.79. The summed E-state index contributed by atoms with van der Waals surface area (Å²) in [6.07, 6.45) is 5.09. The molecule has 0 saturated heterocycles. The molecule has 0 aliphatic carbocycles. The lowest BCUT2D eigenvalue weighted by Gasteiger charge is -2.17. The lowest BCUT2D eigenvalue weighted by molar-refractivity contribution is 0.325. The second-order valence-electron chi connectivity index (χ2n) is 3.65. The number of ether oxygens (including phenoxy) is 1. The number of benzene rings is 1. The van der Waals surface area contributed by atoms with E-state index in [1.165, 1.54) is 0 Å². The van der Waals surface area contributed by atoms with Crippen LogP contribution in [0.25, 0.3) is 0 Å². The number of para-hydroxylation sites is 1.